The van der Waals surface area contributed by atoms with E-state index in [9.17, 15) is 0 Å². The van der Waals surface area contributed by atoms with Crippen molar-refractivity contribution < 1.29 is 4.74 Å². The van der Waals surface area contributed by atoms with E-state index in [4.69, 9.17) is 4.74 Å². The number of hydrogen-bond acceptors (Lipinski definition) is 1. The fourth-order valence-electron chi connectivity index (χ4n) is 2.37. The Bertz CT molecular complexity index is 528. The summed E-state index contributed by atoms with van der Waals surface area (Å²) in [6.07, 6.45) is 3.56. The van der Waals surface area contributed by atoms with Crippen LogP contribution in [0.25, 0.3) is 10.8 Å². The Hall–Kier alpha value is -1.50. The van der Waals surface area contributed by atoms with E-state index in [0.29, 0.717) is 0 Å². The third kappa shape index (κ3) is 1.67. The molecule has 0 unspecified atom stereocenters. The first kappa shape index (κ1) is 9.71. The van der Waals surface area contributed by atoms with Gasteiger partial charge in [-0.25, -0.2) is 0 Å². The Balaban J connectivity index is 2.20. The van der Waals surface area contributed by atoms with Crippen molar-refractivity contribution >= 4 is 10.8 Å². The van der Waals surface area contributed by atoms with E-state index < -0.39 is 0 Å². The fourth-order valence-corrected chi connectivity index (χ4v) is 2.37. The molecule has 0 atom stereocenters. The molecule has 2 aromatic rings. The minimum Gasteiger partial charge on any atom is -0.493 e. The van der Waals surface area contributed by atoms with Gasteiger partial charge in [-0.1, -0.05) is 23.8 Å². The summed E-state index contributed by atoms with van der Waals surface area (Å²) in [6, 6.07) is 11.1. The summed E-state index contributed by atoms with van der Waals surface area (Å²) in [6.45, 7) is 3.01. The first-order chi connectivity index (χ1) is 7.83. The standard InChI is InChI=1S/C15H16O/c1-11-5-6-12-10-15-13(9-14(12)8-11)4-2-3-7-16-15/h5-6,8-10H,2-4,7H2,1H3. The molecule has 0 bridgehead atoms. The smallest absolute Gasteiger partial charge is 0.123 e. The topological polar surface area (TPSA) is 9.23 Å². The number of ether oxygens (including phenoxy) is 1. The van der Waals surface area contributed by atoms with Gasteiger partial charge in [0.25, 0.3) is 0 Å². The van der Waals surface area contributed by atoms with Gasteiger partial charge in [-0.15, -0.1) is 0 Å². The number of aryl methyl sites for hydroxylation is 2. The van der Waals surface area contributed by atoms with Crippen molar-refractivity contribution in [3.8, 4) is 5.75 Å². The number of hydrogen-bond donors (Lipinski definition) is 0. The molecule has 82 valence electrons. The van der Waals surface area contributed by atoms with Gasteiger partial charge in [0, 0.05) is 0 Å². The van der Waals surface area contributed by atoms with Crippen molar-refractivity contribution in [1.29, 1.82) is 0 Å². The molecule has 1 heterocycles. The van der Waals surface area contributed by atoms with Crippen LogP contribution in [-0.4, -0.2) is 6.61 Å². The van der Waals surface area contributed by atoms with Gasteiger partial charge in [-0.2, -0.15) is 0 Å². The van der Waals surface area contributed by atoms with Crippen molar-refractivity contribution in [1.82, 2.24) is 0 Å². The predicted octanol–water partition coefficient (Wildman–Crippen LogP) is 3.86. The average Bonchev–Trinajstić information content (AvgIpc) is 2.50. The number of benzene rings is 2. The first-order valence-corrected chi connectivity index (χ1v) is 5.99. The third-order valence-electron chi connectivity index (χ3n) is 3.27. The quantitative estimate of drug-likeness (QED) is 0.644. The van der Waals surface area contributed by atoms with Crippen LogP contribution in [0, 0.1) is 6.92 Å². The molecular formula is C15H16O. The Labute approximate surface area is 96.0 Å². The zero-order chi connectivity index (χ0) is 11.0. The highest BCUT2D eigenvalue weighted by molar-refractivity contribution is 5.85. The number of rotatable bonds is 0. The van der Waals surface area contributed by atoms with Crippen LogP contribution in [0.15, 0.2) is 30.3 Å². The summed E-state index contributed by atoms with van der Waals surface area (Å²) >= 11 is 0. The fraction of sp³-hybridized carbons (Fsp3) is 0.333. The molecule has 1 nitrogen and oxygen atoms in total. The Morgan fingerprint density at radius 1 is 1.00 bits per heavy atom. The summed E-state index contributed by atoms with van der Waals surface area (Å²) in [5.41, 5.74) is 2.69. The highest BCUT2D eigenvalue weighted by Crippen LogP contribution is 2.29. The van der Waals surface area contributed by atoms with Gasteiger partial charge in [0.15, 0.2) is 0 Å². The lowest BCUT2D eigenvalue weighted by Gasteiger charge is -2.09. The highest BCUT2D eigenvalue weighted by atomic mass is 16.5. The molecule has 0 radical (unpaired) electrons. The van der Waals surface area contributed by atoms with Crippen LogP contribution in [0.2, 0.25) is 0 Å². The predicted molar refractivity (Wildman–Crippen MR) is 67.1 cm³/mol. The van der Waals surface area contributed by atoms with E-state index in [2.05, 4.69) is 37.3 Å². The van der Waals surface area contributed by atoms with E-state index in [-0.39, 0.29) is 0 Å². The van der Waals surface area contributed by atoms with E-state index in [1.807, 2.05) is 0 Å². The molecule has 0 aromatic heterocycles. The molecule has 2 aromatic carbocycles. The second-order valence-corrected chi connectivity index (χ2v) is 4.62. The lowest BCUT2D eigenvalue weighted by Crippen LogP contribution is -1.94. The molecule has 3 rings (SSSR count). The molecule has 0 saturated heterocycles. The molecule has 0 fully saturated rings. The van der Waals surface area contributed by atoms with Crippen LogP contribution in [0.3, 0.4) is 0 Å². The van der Waals surface area contributed by atoms with Crippen LogP contribution in [0.5, 0.6) is 5.75 Å². The molecule has 0 N–H and O–H groups in total. The van der Waals surface area contributed by atoms with Gasteiger partial charge in [0.2, 0.25) is 0 Å². The normalized spacial score (nSPS) is 15.3. The zero-order valence-corrected chi connectivity index (χ0v) is 9.62. The maximum atomic E-state index is 5.79. The molecule has 0 aliphatic carbocycles. The summed E-state index contributed by atoms with van der Waals surface area (Å²) in [4.78, 5) is 0. The minimum absolute atomic E-state index is 0.865. The van der Waals surface area contributed by atoms with Crippen molar-refractivity contribution in [2.45, 2.75) is 26.2 Å². The molecular weight excluding hydrogens is 196 g/mol. The van der Waals surface area contributed by atoms with E-state index in [1.54, 1.807) is 0 Å². The van der Waals surface area contributed by atoms with Crippen LogP contribution in [-0.2, 0) is 6.42 Å². The maximum absolute atomic E-state index is 5.79. The molecule has 1 heteroatoms. The Morgan fingerprint density at radius 3 is 2.88 bits per heavy atom. The van der Waals surface area contributed by atoms with Gasteiger partial charge in [0.1, 0.15) is 5.75 Å². The van der Waals surface area contributed by atoms with E-state index >= 15 is 0 Å². The number of fused-ring (bicyclic) bond motifs is 2. The van der Waals surface area contributed by atoms with Gasteiger partial charge in [-0.3, -0.25) is 0 Å². The van der Waals surface area contributed by atoms with E-state index in [1.165, 1.54) is 34.7 Å². The Morgan fingerprint density at radius 2 is 1.94 bits per heavy atom. The van der Waals surface area contributed by atoms with E-state index in [0.717, 1.165) is 18.8 Å². The van der Waals surface area contributed by atoms with Gasteiger partial charge in [0.05, 0.1) is 6.61 Å². The lowest BCUT2D eigenvalue weighted by molar-refractivity contribution is 0.317. The zero-order valence-electron chi connectivity index (χ0n) is 9.62. The average molecular weight is 212 g/mol. The van der Waals surface area contributed by atoms with Crippen molar-refractivity contribution in [2.75, 3.05) is 6.61 Å². The second kappa shape index (κ2) is 3.82. The van der Waals surface area contributed by atoms with Crippen LogP contribution in [0.4, 0.5) is 0 Å². The highest BCUT2D eigenvalue weighted by Gasteiger charge is 2.09. The summed E-state index contributed by atoms with van der Waals surface area (Å²) in [5.74, 6) is 1.09. The molecule has 1 aliphatic heterocycles. The summed E-state index contributed by atoms with van der Waals surface area (Å²) in [5, 5.41) is 2.62. The molecule has 0 spiro atoms. The summed E-state index contributed by atoms with van der Waals surface area (Å²) < 4.78 is 5.79. The molecule has 0 amide bonds. The van der Waals surface area contributed by atoms with Crippen LogP contribution < -0.4 is 4.74 Å². The Kier molecular flexibility index (Phi) is 2.32. The van der Waals surface area contributed by atoms with Crippen LogP contribution in [0.1, 0.15) is 24.0 Å². The third-order valence-corrected chi connectivity index (χ3v) is 3.27. The molecule has 0 saturated carbocycles. The lowest BCUT2D eigenvalue weighted by atomic mass is 10.0. The van der Waals surface area contributed by atoms with Crippen molar-refractivity contribution in [2.24, 2.45) is 0 Å². The van der Waals surface area contributed by atoms with Crippen LogP contribution >= 0.6 is 0 Å². The van der Waals surface area contributed by atoms with Gasteiger partial charge in [-0.05, 0) is 54.7 Å². The summed E-state index contributed by atoms with van der Waals surface area (Å²) in [7, 11) is 0. The molecule has 16 heavy (non-hydrogen) atoms. The molecule has 1 aliphatic rings. The monoisotopic (exact) mass is 212 g/mol. The SMILES string of the molecule is Cc1ccc2cc3c(cc2c1)CCCCO3. The maximum Gasteiger partial charge on any atom is 0.123 e. The van der Waals surface area contributed by atoms with Gasteiger partial charge >= 0.3 is 0 Å². The minimum atomic E-state index is 0.865. The van der Waals surface area contributed by atoms with Crippen molar-refractivity contribution in [3.63, 3.8) is 0 Å². The van der Waals surface area contributed by atoms with Gasteiger partial charge < -0.3 is 4.74 Å². The largest absolute Gasteiger partial charge is 0.493 e. The first-order valence-electron chi connectivity index (χ1n) is 5.99. The van der Waals surface area contributed by atoms with Crippen molar-refractivity contribution in [3.05, 3.63) is 41.5 Å². The second-order valence-electron chi connectivity index (χ2n) is 4.62.